The molecule has 3 rings (SSSR count). The lowest BCUT2D eigenvalue weighted by Gasteiger charge is -2.25. The monoisotopic (exact) mass is 288 g/mol. The number of nitrogens with zero attached hydrogens (tertiary/aromatic N) is 2. The molecule has 5 nitrogen and oxygen atoms in total. The van der Waals surface area contributed by atoms with Gasteiger partial charge in [0.1, 0.15) is 11.2 Å². The first-order chi connectivity index (χ1) is 9.74. The van der Waals surface area contributed by atoms with Gasteiger partial charge in [-0.15, -0.1) is 0 Å². The molecule has 1 aromatic carbocycles. The Hall–Kier alpha value is -1.98. The largest absolute Gasteiger partial charge is 0.302 e. The van der Waals surface area contributed by atoms with Crippen molar-refractivity contribution < 1.29 is 4.79 Å². The third-order valence-corrected chi connectivity index (χ3v) is 3.44. The van der Waals surface area contributed by atoms with Crippen LogP contribution < -0.4 is 10.6 Å². The molecule has 0 fully saturated rings. The highest BCUT2D eigenvalue weighted by Crippen LogP contribution is 2.23. The number of hydrogen-bond acceptors (Lipinski definition) is 4. The molecule has 0 spiro atoms. The summed E-state index contributed by atoms with van der Waals surface area (Å²) in [6.07, 6.45) is 2.43. The molecule has 2 heterocycles. The van der Waals surface area contributed by atoms with E-state index in [1.165, 1.54) is 11.8 Å². The Bertz CT molecular complexity index is 647. The Kier molecular flexibility index (Phi) is 3.62. The molecule has 1 unspecified atom stereocenters. The van der Waals surface area contributed by atoms with Gasteiger partial charge in [-0.3, -0.25) is 10.1 Å². The molecule has 1 atom stereocenters. The number of aromatic nitrogens is 2. The average Bonchev–Trinajstić information content (AvgIpc) is 2.46. The van der Waals surface area contributed by atoms with Crippen LogP contribution in [0, 0.1) is 0 Å². The number of halogens is 1. The summed E-state index contributed by atoms with van der Waals surface area (Å²) in [6.45, 7) is 0.769. The first-order valence-corrected chi connectivity index (χ1v) is 6.72. The molecule has 0 bridgehead atoms. The van der Waals surface area contributed by atoms with E-state index in [9.17, 15) is 4.79 Å². The van der Waals surface area contributed by atoms with Crippen molar-refractivity contribution in [2.75, 3.05) is 11.9 Å². The van der Waals surface area contributed by atoms with E-state index in [-0.39, 0.29) is 17.9 Å². The van der Waals surface area contributed by atoms with Gasteiger partial charge in [-0.25, -0.2) is 9.97 Å². The van der Waals surface area contributed by atoms with Crippen molar-refractivity contribution in [3.05, 3.63) is 52.8 Å². The fourth-order valence-electron chi connectivity index (χ4n) is 2.32. The lowest BCUT2D eigenvalue weighted by molar-refractivity contribution is -0.118. The molecule has 102 valence electrons. The lowest BCUT2D eigenvalue weighted by atomic mass is 9.94. The predicted octanol–water partition coefficient (Wildman–Crippen LogP) is 1.96. The Balaban J connectivity index is 1.82. The molecule has 20 heavy (non-hydrogen) atoms. The van der Waals surface area contributed by atoms with Crippen molar-refractivity contribution in [3.8, 4) is 0 Å². The van der Waals surface area contributed by atoms with Crippen molar-refractivity contribution in [1.29, 1.82) is 0 Å². The molecule has 0 saturated heterocycles. The average molecular weight is 289 g/mol. The van der Waals surface area contributed by atoms with Crippen molar-refractivity contribution in [2.45, 2.75) is 12.5 Å². The van der Waals surface area contributed by atoms with Gasteiger partial charge >= 0.3 is 0 Å². The zero-order chi connectivity index (χ0) is 13.9. The molecule has 1 amide bonds. The Morgan fingerprint density at radius 2 is 2.20 bits per heavy atom. The van der Waals surface area contributed by atoms with Crippen molar-refractivity contribution in [2.24, 2.45) is 0 Å². The van der Waals surface area contributed by atoms with Crippen LogP contribution in [0.25, 0.3) is 0 Å². The highest BCUT2D eigenvalue weighted by atomic mass is 35.5. The summed E-state index contributed by atoms with van der Waals surface area (Å²) in [4.78, 5) is 20.3. The maximum Gasteiger partial charge on any atom is 0.248 e. The Morgan fingerprint density at radius 3 is 3.05 bits per heavy atom. The molecule has 6 heteroatoms. The number of fused-ring (bicyclic) bond motifs is 1. The second kappa shape index (κ2) is 5.56. The first-order valence-electron chi connectivity index (χ1n) is 6.34. The Labute approximate surface area is 121 Å². The summed E-state index contributed by atoms with van der Waals surface area (Å²) < 4.78 is 0. The molecule has 1 aliphatic heterocycles. The van der Waals surface area contributed by atoms with E-state index in [0.717, 1.165) is 18.5 Å². The van der Waals surface area contributed by atoms with Crippen LogP contribution in [-0.2, 0) is 11.2 Å². The highest BCUT2D eigenvalue weighted by Gasteiger charge is 2.26. The molecular weight excluding hydrogens is 276 g/mol. The zero-order valence-corrected chi connectivity index (χ0v) is 11.4. The van der Waals surface area contributed by atoms with Gasteiger partial charge in [-0.1, -0.05) is 35.9 Å². The maximum atomic E-state index is 12.3. The number of amides is 1. The van der Waals surface area contributed by atoms with Crippen LogP contribution in [0.2, 0.25) is 5.15 Å². The Morgan fingerprint density at radius 1 is 1.35 bits per heavy atom. The number of benzene rings is 1. The van der Waals surface area contributed by atoms with Gasteiger partial charge in [-0.2, -0.15) is 0 Å². The predicted molar refractivity (Wildman–Crippen MR) is 76.6 cm³/mol. The van der Waals surface area contributed by atoms with Gasteiger partial charge < -0.3 is 5.32 Å². The number of rotatable bonds is 2. The second-order valence-corrected chi connectivity index (χ2v) is 4.92. The van der Waals surface area contributed by atoms with Crippen LogP contribution in [0.4, 0.5) is 5.95 Å². The third-order valence-electron chi connectivity index (χ3n) is 3.23. The summed E-state index contributed by atoms with van der Waals surface area (Å²) >= 11 is 5.78. The van der Waals surface area contributed by atoms with Crippen LogP contribution in [0.3, 0.4) is 0 Å². The number of carbonyl (C=O) groups is 1. The molecule has 2 N–H and O–H groups in total. The van der Waals surface area contributed by atoms with E-state index in [1.807, 2.05) is 24.3 Å². The quantitative estimate of drug-likeness (QED) is 0.829. The minimum absolute atomic E-state index is 0.181. The molecule has 0 radical (unpaired) electrons. The van der Waals surface area contributed by atoms with Crippen LogP contribution in [0.15, 0.2) is 36.5 Å². The lowest BCUT2D eigenvalue weighted by Crippen LogP contribution is -2.38. The second-order valence-electron chi connectivity index (χ2n) is 4.53. The smallest absolute Gasteiger partial charge is 0.248 e. The topological polar surface area (TPSA) is 66.9 Å². The van der Waals surface area contributed by atoms with Gasteiger partial charge in [0.25, 0.3) is 0 Å². The van der Waals surface area contributed by atoms with E-state index < -0.39 is 0 Å². The third kappa shape index (κ3) is 2.64. The number of nitrogens with one attached hydrogen (secondary N) is 2. The summed E-state index contributed by atoms with van der Waals surface area (Å²) in [5, 5.41) is 6.19. The van der Waals surface area contributed by atoms with Crippen molar-refractivity contribution in [3.63, 3.8) is 0 Å². The van der Waals surface area contributed by atoms with Crippen LogP contribution >= 0.6 is 11.6 Å². The summed E-state index contributed by atoms with van der Waals surface area (Å²) in [7, 11) is 0. The van der Waals surface area contributed by atoms with Gasteiger partial charge in [0, 0.05) is 12.7 Å². The van der Waals surface area contributed by atoms with E-state index >= 15 is 0 Å². The van der Waals surface area contributed by atoms with E-state index in [1.54, 1.807) is 6.07 Å². The van der Waals surface area contributed by atoms with Gasteiger partial charge in [0.15, 0.2) is 0 Å². The zero-order valence-electron chi connectivity index (χ0n) is 10.6. The molecule has 0 aliphatic carbocycles. The van der Waals surface area contributed by atoms with Crippen LogP contribution in [0.5, 0.6) is 0 Å². The minimum Gasteiger partial charge on any atom is -0.302 e. The van der Waals surface area contributed by atoms with Crippen molar-refractivity contribution in [1.82, 2.24) is 15.3 Å². The SMILES string of the molecule is O=C(Nc1nccc(Cl)n1)C1NCCc2ccccc21. The van der Waals surface area contributed by atoms with Crippen LogP contribution in [-0.4, -0.2) is 22.4 Å². The highest BCUT2D eigenvalue weighted by molar-refractivity contribution is 6.29. The minimum atomic E-state index is -0.387. The van der Waals surface area contributed by atoms with E-state index in [4.69, 9.17) is 11.6 Å². The number of anilines is 1. The molecule has 1 aliphatic rings. The summed E-state index contributed by atoms with van der Waals surface area (Å²) in [5.41, 5.74) is 2.19. The maximum absolute atomic E-state index is 12.3. The molecule has 0 saturated carbocycles. The summed E-state index contributed by atoms with van der Waals surface area (Å²) in [6, 6.07) is 9.10. The van der Waals surface area contributed by atoms with Crippen LogP contribution in [0.1, 0.15) is 17.2 Å². The van der Waals surface area contributed by atoms with Gasteiger partial charge in [0.05, 0.1) is 0 Å². The van der Waals surface area contributed by atoms with E-state index in [2.05, 4.69) is 20.6 Å². The number of hydrogen-bond donors (Lipinski definition) is 2. The van der Waals surface area contributed by atoms with Gasteiger partial charge in [-0.05, 0) is 23.6 Å². The van der Waals surface area contributed by atoms with E-state index in [0.29, 0.717) is 5.15 Å². The fraction of sp³-hybridized carbons (Fsp3) is 0.214. The molecular formula is C14H13ClN4O. The summed E-state index contributed by atoms with van der Waals surface area (Å²) in [5.74, 6) is 0.0340. The van der Waals surface area contributed by atoms with Crippen molar-refractivity contribution >= 4 is 23.5 Å². The number of carbonyl (C=O) groups excluding carboxylic acids is 1. The first kappa shape index (κ1) is 13.0. The standard InChI is InChI=1S/C14H13ClN4O/c15-11-6-8-17-14(18-11)19-13(20)12-10-4-2-1-3-9(10)5-7-16-12/h1-4,6,8,12,16H,5,7H2,(H,17,18,19,20). The van der Waals surface area contributed by atoms with Gasteiger partial charge in [0.2, 0.25) is 11.9 Å². The molecule has 2 aromatic rings. The normalized spacial score (nSPS) is 17.4. The fourth-order valence-corrected chi connectivity index (χ4v) is 2.45. The molecule has 1 aromatic heterocycles.